The average Bonchev–Trinajstić information content (AvgIpc) is 3.06. The standard InChI is InChI=1S/C24H24FNO5/c25-20-11-9-18(10-12-20)21(27)19-13-15-26(24(16-19)30-22(28)23(29)31-24)14-5-4-8-17-6-2-1-3-7-17/h1-3,6-7,9-12,19H,4-5,8,13-16H2. The van der Waals surface area contributed by atoms with Crippen molar-refractivity contribution in [2.24, 2.45) is 5.92 Å². The molecule has 0 aromatic heterocycles. The van der Waals surface area contributed by atoms with Gasteiger partial charge in [0.1, 0.15) is 5.82 Å². The minimum Gasteiger partial charge on any atom is -0.400 e. The van der Waals surface area contributed by atoms with Gasteiger partial charge in [-0.15, -0.1) is 0 Å². The van der Waals surface area contributed by atoms with E-state index in [4.69, 9.17) is 9.47 Å². The van der Waals surface area contributed by atoms with Crippen molar-refractivity contribution >= 4 is 17.7 Å². The first-order valence-electron chi connectivity index (χ1n) is 10.5. The van der Waals surface area contributed by atoms with Gasteiger partial charge in [-0.3, -0.25) is 4.79 Å². The van der Waals surface area contributed by atoms with Gasteiger partial charge in [-0.25, -0.2) is 18.9 Å². The van der Waals surface area contributed by atoms with Crippen molar-refractivity contribution < 1.29 is 28.2 Å². The lowest BCUT2D eigenvalue weighted by atomic mass is 9.86. The molecule has 2 aliphatic rings. The van der Waals surface area contributed by atoms with Crippen LogP contribution in [-0.4, -0.2) is 41.6 Å². The highest BCUT2D eigenvalue weighted by molar-refractivity contribution is 6.31. The van der Waals surface area contributed by atoms with E-state index in [-0.39, 0.29) is 12.2 Å². The minimum atomic E-state index is -1.54. The molecule has 162 valence electrons. The molecule has 31 heavy (non-hydrogen) atoms. The van der Waals surface area contributed by atoms with Crippen LogP contribution in [0.2, 0.25) is 0 Å². The summed E-state index contributed by atoms with van der Waals surface area (Å²) in [5, 5.41) is 0. The smallest absolute Gasteiger partial charge is 0.400 e. The second kappa shape index (κ2) is 8.98. The molecule has 2 aromatic carbocycles. The predicted molar refractivity (Wildman–Crippen MR) is 109 cm³/mol. The Kier molecular flexibility index (Phi) is 6.13. The lowest BCUT2D eigenvalue weighted by Gasteiger charge is -2.43. The predicted octanol–water partition coefficient (Wildman–Crippen LogP) is 3.50. The number of piperidine rings is 1. The van der Waals surface area contributed by atoms with Gasteiger partial charge in [0.15, 0.2) is 5.78 Å². The molecule has 0 N–H and O–H groups in total. The number of halogens is 1. The second-order valence-corrected chi connectivity index (χ2v) is 7.98. The Bertz CT molecular complexity index is 944. The van der Waals surface area contributed by atoms with Crippen LogP contribution < -0.4 is 0 Å². The fourth-order valence-electron chi connectivity index (χ4n) is 4.26. The third kappa shape index (κ3) is 4.66. The molecular formula is C24H24FNO5. The van der Waals surface area contributed by atoms with Gasteiger partial charge in [0.25, 0.3) is 0 Å². The maximum atomic E-state index is 13.2. The molecule has 0 aliphatic carbocycles. The van der Waals surface area contributed by atoms with Crippen molar-refractivity contribution in [2.75, 3.05) is 13.1 Å². The van der Waals surface area contributed by atoms with E-state index in [2.05, 4.69) is 12.1 Å². The molecule has 0 radical (unpaired) electrons. The number of carbonyl (C=O) groups is 3. The number of benzene rings is 2. The zero-order valence-corrected chi connectivity index (χ0v) is 17.1. The molecule has 0 amide bonds. The SMILES string of the molecule is O=C1OC2(CC(C(=O)c3ccc(F)cc3)CCN2CCCCc2ccccc2)OC1=O. The van der Waals surface area contributed by atoms with Crippen LogP contribution in [0.5, 0.6) is 0 Å². The number of Topliss-reactive ketones (excluding diaryl/α,β-unsaturated/α-hetero) is 1. The zero-order valence-electron chi connectivity index (χ0n) is 17.1. The summed E-state index contributed by atoms with van der Waals surface area (Å²) >= 11 is 0. The summed E-state index contributed by atoms with van der Waals surface area (Å²) in [5.74, 6) is -4.71. The van der Waals surface area contributed by atoms with Gasteiger partial charge >= 0.3 is 17.8 Å². The Labute approximate surface area is 179 Å². The zero-order chi connectivity index (χ0) is 21.8. The Balaban J connectivity index is 1.42. The summed E-state index contributed by atoms with van der Waals surface area (Å²) in [6, 6.07) is 15.5. The van der Waals surface area contributed by atoms with E-state index in [1.165, 1.54) is 29.8 Å². The third-order valence-electron chi connectivity index (χ3n) is 5.89. The third-order valence-corrected chi connectivity index (χ3v) is 5.89. The van der Waals surface area contributed by atoms with Crippen LogP contribution in [-0.2, 0) is 25.5 Å². The summed E-state index contributed by atoms with van der Waals surface area (Å²) < 4.78 is 23.9. The largest absolute Gasteiger partial charge is 0.421 e. The Morgan fingerprint density at radius 1 is 1.00 bits per heavy atom. The first-order chi connectivity index (χ1) is 15.0. The van der Waals surface area contributed by atoms with E-state index in [1.54, 1.807) is 0 Å². The number of aryl methyl sites for hydroxylation is 1. The van der Waals surface area contributed by atoms with Gasteiger partial charge in [0.2, 0.25) is 0 Å². The molecule has 1 spiro atoms. The molecule has 2 aliphatic heterocycles. The van der Waals surface area contributed by atoms with Crippen LogP contribution in [0, 0.1) is 11.7 Å². The first kappa shape index (κ1) is 21.2. The molecule has 6 nitrogen and oxygen atoms in total. The molecule has 0 bridgehead atoms. The minimum absolute atomic E-state index is 0.0688. The quantitative estimate of drug-likeness (QED) is 0.293. The molecule has 2 saturated heterocycles. The summed E-state index contributed by atoms with van der Waals surface area (Å²) in [7, 11) is 0. The van der Waals surface area contributed by atoms with Gasteiger partial charge in [-0.1, -0.05) is 30.3 Å². The van der Waals surface area contributed by atoms with Crippen molar-refractivity contribution in [3.8, 4) is 0 Å². The highest BCUT2D eigenvalue weighted by Crippen LogP contribution is 2.39. The summed E-state index contributed by atoms with van der Waals surface area (Å²) in [5.41, 5.74) is 1.63. The number of hydrogen-bond acceptors (Lipinski definition) is 6. The van der Waals surface area contributed by atoms with Crippen molar-refractivity contribution in [3.05, 3.63) is 71.5 Å². The highest BCUT2D eigenvalue weighted by atomic mass is 19.1. The highest BCUT2D eigenvalue weighted by Gasteiger charge is 2.56. The van der Waals surface area contributed by atoms with Gasteiger partial charge in [0.05, 0.1) is 6.42 Å². The van der Waals surface area contributed by atoms with E-state index in [0.717, 1.165) is 19.3 Å². The average molecular weight is 425 g/mol. The normalized spacial score (nSPS) is 20.5. The number of nitrogens with zero attached hydrogens (tertiary/aromatic N) is 1. The Morgan fingerprint density at radius 3 is 2.35 bits per heavy atom. The van der Waals surface area contributed by atoms with Crippen LogP contribution >= 0.6 is 0 Å². The molecule has 1 atom stereocenters. The van der Waals surface area contributed by atoms with Crippen molar-refractivity contribution in [1.82, 2.24) is 4.90 Å². The number of likely N-dealkylation sites (tertiary alicyclic amines) is 1. The van der Waals surface area contributed by atoms with Gasteiger partial charge in [-0.05, 0) is 55.5 Å². The number of esters is 2. The van der Waals surface area contributed by atoms with Gasteiger partial charge in [-0.2, -0.15) is 0 Å². The van der Waals surface area contributed by atoms with Crippen LogP contribution in [0.4, 0.5) is 4.39 Å². The van der Waals surface area contributed by atoms with Crippen molar-refractivity contribution in [3.63, 3.8) is 0 Å². The summed E-state index contributed by atoms with van der Waals surface area (Å²) in [6.45, 7) is 1.02. The number of carbonyl (C=O) groups excluding carboxylic acids is 3. The van der Waals surface area contributed by atoms with E-state index >= 15 is 0 Å². The molecule has 2 aromatic rings. The monoisotopic (exact) mass is 425 g/mol. The van der Waals surface area contributed by atoms with E-state index in [9.17, 15) is 18.8 Å². The molecule has 0 saturated carbocycles. The topological polar surface area (TPSA) is 72.9 Å². The maximum absolute atomic E-state index is 13.2. The van der Waals surface area contributed by atoms with Crippen LogP contribution in [0.25, 0.3) is 0 Å². The molecule has 2 fully saturated rings. The van der Waals surface area contributed by atoms with Gasteiger partial charge in [0, 0.05) is 24.6 Å². The molecule has 1 unspecified atom stereocenters. The molecular weight excluding hydrogens is 401 g/mol. The molecule has 2 heterocycles. The summed E-state index contributed by atoms with van der Waals surface area (Å²) in [4.78, 5) is 38.4. The van der Waals surface area contributed by atoms with E-state index < -0.39 is 29.6 Å². The number of rotatable bonds is 7. The number of hydrogen-bond donors (Lipinski definition) is 0. The maximum Gasteiger partial charge on any atom is 0.421 e. The fraction of sp³-hybridized carbons (Fsp3) is 0.375. The number of unbranched alkanes of at least 4 members (excludes halogenated alkanes) is 1. The van der Waals surface area contributed by atoms with E-state index in [0.29, 0.717) is 25.1 Å². The molecule has 7 heteroatoms. The van der Waals surface area contributed by atoms with Crippen LogP contribution in [0.1, 0.15) is 41.6 Å². The Morgan fingerprint density at radius 2 is 1.68 bits per heavy atom. The van der Waals surface area contributed by atoms with Crippen molar-refractivity contribution in [2.45, 2.75) is 38.0 Å². The fourth-order valence-corrected chi connectivity index (χ4v) is 4.26. The lowest BCUT2D eigenvalue weighted by molar-refractivity contribution is -0.268. The first-order valence-corrected chi connectivity index (χ1v) is 10.5. The second-order valence-electron chi connectivity index (χ2n) is 7.98. The molecule has 4 rings (SSSR count). The van der Waals surface area contributed by atoms with E-state index in [1.807, 2.05) is 23.1 Å². The lowest BCUT2D eigenvalue weighted by Crippen LogP contribution is -2.56. The van der Waals surface area contributed by atoms with Gasteiger partial charge < -0.3 is 9.47 Å². The van der Waals surface area contributed by atoms with Crippen molar-refractivity contribution in [1.29, 1.82) is 0 Å². The Hall–Kier alpha value is -3.06. The van der Waals surface area contributed by atoms with Crippen LogP contribution in [0.15, 0.2) is 54.6 Å². The number of ether oxygens (including phenoxy) is 2. The number of ketones is 1. The summed E-state index contributed by atoms with van der Waals surface area (Å²) in [6.07, 6.45) is 3.27. The van der Waals surface area contributed by atoms with Crippen LogP contribution in [0.3, 0.4) is 0 Å².